The molecule has 0 spiro atoms. The first-order chi connectivity index (χ1) is 21.6. The van der Waals surface area contributed by atoms with Gasteiger partial charge >= 0.3 is 11.9 Å². The van der Waals surface area contributed by atoms with E-state index in [0.717, 1.165) is 51.4 Å². The van der Waals surface area contributed by atoms with Crippen molar-refractivity contribution in [2.45, 2.75) is 175 Å². The highest BCUT2D eigenvalue weighted by atomic mass is 16.5. The van der Waals surface area contributed by atoms with Crippen molar-refractivity contribution in [3.8, 4) is 0 Å². The van der Waals surface area contributed by atoms with E-state index in [0.29, 0.717) is 26.1 Å². The van der Waals surface area contributed by atoms with Crippen molar-refractivity contribution in [2.75, 3.05) is 13.2 Å². The molecule has 0 aromatic carbocycles. The van der Waals surface area contributed by atoms with Crippen LogP contribution in [0.15, 0.2) is 48.6 Å². The zero-order valence-electron chi connectivity index (χ0n) is 29.2. The smallest absolute Gasteiger partial charge is 0.305 e. The SMILES string of the molecule is CCCCC/C=C\C/C=C\CCCCCCCC(=O)OCC(C)COC(=O)CCCCCCC/C=C\C/C=C\CCCCC. The number of unbranched alkanes of at least 4 members (excludes halogenated alkanes) is 16. The molecule has 0 aliphatic carbocycles. The summed E-state index contributed by atoms with van der Waals surface area (Å²) in [6, 6.07) is 0. The quantitative estimate of drug-likeness (QED) is 0.0430. The number of ether oxygens (including phenoxy) is 2. The molecule has 0 unspecified atom stereocenters. The molecule has 254 valence electrons. The van der Waals surface area contributed by atoms with Crippen molar-refractivity contribution < 1.29 is 19.1 Å². The molecule has 0 aromatic rings. The largest absolute Gasteiger partial charge is 0.465 e. The molecular weight excluding hydrogens is 544 g/mol. The molecular formula is C40H70O4. The van der Waals surface area contributed by atoms with Gasteiger partial charge in [-0.3, -0.25) is 9.59 Å². The molecule has 0 aliphatic heterocycles. The van der Waals surface area contributed by atoms with E-state index in [-0.39, 0.29) is 17.9 Å². The number of carbonyl (C=O) groups excluding carboxylic acids is 2. The molecule has 0 saturated heterocycles. The maximum Gasteiger partial charge on any atom is 0.305 e. The molecule has 0 N–H and O–H groups in total. The fourth-order valence-electron chi connectivity index (χ4n) is 4.82. The standard InChI is InChI=1S/C40H70O4/c1-4-6-8-10-12-14-16-18-20-22-24-26-28-30-32-34-39(41)43-36-38(3)37-44-40(42)35-33-31-29-27-25-23-21-19-17-15-13-11-9-7-5-2/h12-15,18-21,38H,4-11,16-17,22-37H2,1-3H3/b14-12-,15-13-,20-18-,21-19-. The van der Waals surface area contributed by atoms with Gasteiger partial charge in [0.25, 0.3) is 0 Å². The van der Waals surface area contributed by atoms with E-state index < -0.39 is 0 Å². The average molecular weight is 615 g/mol. The van der Waals surface area contributed by atoms with Crippen molar-refractivity contribution in [1.82, 2.24) is 0 Å². The third kappa shape index (κ3) is 34.4. The normalized spacial score (nSPS) is 12.1. The van der Waals surface area contributed by atoms with Crippen LogP contribution in [0.25, 0.3) is 0 Å². The molecule has 0 bridgehead atoms. The molecule has 0 rings (SSSR count). The molecule has 4 heteroatoms. The van der Waals surface area contributed by atoms with Gasteiger partial charge in [-0.2, -0.15) is 0 Å². The minimum Gasteiger partial charge on any atom is -0.465 e. The molecule has 0 fully saturated rings. The van der Waals surface area contributed by atoms with E-state index in [4.69, 9.17) is 9.47 Å². The summed E-state index contributed by atoms with van der Waals surface area (Å²) in [6.45, 7) is 7.07. The van der Waals surface area contributed by atoms with Crippen LogP contribution in [0.4, 0.5) is 0 Å². The maximum atomic E-state index is 12.0. The Morgan fingerprint density at radius 3 is 1.14 bits per heavy atom. The summed E-state index contributed by atoms with van der Waals surface area (Å²) < 4.78 is 10.8. The third-order valence-corrected chi connectivity index (χ3v) is 7.72. The Bertz CT molecular complexity index is 686. The van der Waals surface area contributed by atoms with Gasteiger partial charge in [-0.25, -0.2) is 0 Å². The minimum absolute atomic E-state index is 0.0251. The van der Waals surface area contributed by atoms with E-state index in [1.165, 1.54) is 89.9 Å². The van der Waals surface area contributed by atoms with Crippen LogP contribution < -0.4 is 0 Å². The lowest BCUT2D eigenvalue weighted by Gasteiger charge is -2.13. The van der Waals surface area contributed by atoms with E-state index in [1.807, 2.05) is 6.92 Å². The predicted molar refractivity (Wildman–Crippen MR) is 190 cm³/mol. The van der Waals surface area contributed by atoms with Gasteiger partial charge in [-0.05, 0) is 77.0 Å². The lowest BCUT2D eigenvalue weighted by molar-refractivity contribution is -0.148. The van der Waals surface area contributed by atoms with Gasteiger partial charge in [0.15, 0.2) is 0 Å². The summed E-state index contributed by atoms with van der Waals surface area (Å²) >= 11 is 0. The first-order valence-corrected chi connectivity index (χ1v) is 18.5. The first-order valence-electron chi connectivity index (χ1n) is 18.5. The molecule has 44 heavy (non-hydrogen) atoms. The Labute approximate surface area is 273 Å². The fourth-order valence-corrected chi connectivity index (χ4v) is 4.82. The Kier molecular flexibility index (Phi) is 33.7. The van der Waals surface area contributed by atoms with Crippen molar-refractivity contribution in [3.05, 3.63) is 48.6 Å². The highest BCUT2D eigenvalue weighted by molar-refractivity contribution is 5.69. The molecule has 0 saturated carbocycles. The lowest BCUT2D eigenvalue weighted by atomic mass is 10.1. The predicted octanol–water partition coefficient (Wildman–Crippen LogP) is 12.3. The minimum atomic E-state index is -0.140. The summed E-state index contributed by atoms with van der Waals surface area (Å²) in [6.07, 6.45) is 45.0. The fraction of sp³-hybridized carbons (Fsp3) is 0.750. The summed E-state index contributed by atoms with van der Waals surface area (Å²) in [5.74, 6) is -0.255. The molecule has 0 aliphatic rings. The summed E-state index contributed by atoms with van der Waals surface area (Å²) in [5, 5.41) is 0. The van der Waals surface area contributed by atoms with Crippen LogP contribution in [-0.4, -0.2) is 25.2 Å². The van der Waals surface area contributed by atoms with Crippen molar-refractivity contribution in [1.29, 1.82) is 0 Å². The number of carbonyl (C=O) groups is 2. The van der Waals surface area contributed by atoms with Gasteiger partial charge in [0.05, 0.1) is 13.2 Å². The number of hydrogen-bond acceptors (Lipinski definition) is 4. The molecule has 0 heterocycles. The zero-order chi connectivity index (χ0) is 32.2. The second-order valence-corrected chi connectivity index (χ2v) is 12.4. The van der Waals surface area contributed by atoms with Crippen molar-refractivity contribution in [2.24, 2.45) is 5.92 Å². The van der Waals surface area contributed by atoms with Gasteiger partial charge in [-0.15, -0.1) is 0 Å². The third-order valence-electron chi connectivity index (χ3n) is 7.72. The molecule has 0 atom stereocenters. The van der Waals surface area contributed by atoms with Crippen molar-refractivity contribution >= 4 is 11.9 Å². The number of rotatable bonds is 32. The second kappa shape index (κ2) is 35.4. The second-order valence-electron chi connectivity index (χ2n) is 12.4. The lowest BCUT2D eigenvalue weighted by Crippen LogP contribution is -2.18. The van der Waals surface area contributed by atoms with Crippen LogP contribution in [0.2, 0.25) is 0 Å². The van der Waals surface area contributed by atoms with Crippen LogP contribution in [0.5, 0.6) is 0 Å². The monoisotopic (exact) mass is 615 g/mol. The van der Waals surface area contributed by atoms with Crippen LogP contribution in [0.1, 0.15) is 175 Å². The summed E-state index contributed by atoms with van der Waals surface area (Å²) in [7, 11) is 0. The van der Waals surface area contributed by atoms with Crippen LogP contribution in [0.3, 0.4) is 0 Å². The molecule has 4 nitrogen and oxygen atoms in total. The average Bonchev–Trinajstić information content (AvgIpc) is 3.02. The van der Waals surface area contributed by atoms with Crippen molar-refractivity contribution in [3.63, 3.8) is 0 Å². The van der Waals surface area contributed by atoms with Gasteiger partial charge in [0, 0.05) is 18.8 Å². The first kappa shape index (κ1) is 41.9. The van der Waals surface area contributed by atoms with Gasteiger partial charge < -0.3 is 9.47 Å². The van der Waals surface area contributed by atoms with E-state index >= 15 is 0 Å². The Morgan fingerprint density at radius 2 is 0.773 bits per heavy atom. The number of allylic oxidation sites excluding steroid dienone is 8. The van der Waals surface area contributed by atoms with Crippen LogP contribution in [-0.2, 0) is 19.1 Å². The highest BCUT2D eigenvalue weighted by Crippen LogP contribution is 2.11. The number of hydrogen-bond donors (Lipinski definition) is 0. The van der Waals surface area contributed by atoms with Gasteiger partial charge in [-0.1, -0.05) is 134 Å². The number of esters is 2. The summed E-state index contributed by atoms with van der Waals surface area (Å²) in [5.41, 5.74) is 0. The molecule has 0 aromatic heterocycles. The summed E-state index contributed by atoms with van der Waals surface area (Å²) in [4.78, 5) is 24.1. The van der Waals surface area contributed by atoms with E-state index in [2.05, 4.69) is 62.5 Å². The Balaban J connectivity index is 3.51. The van der Waals surface area contributed by atoms with Crippen LogP contribution >= 0.6 is 0 Å². The van der Waals surface area contributed by atoms with E-state index in [9.17, 15) is 9.59 Å². The molecule has 0 radical (unpaired) electrons. The maximum absolute atomic E-state index is 12.0. The Hall–Kier alpha value is -2.10. The van der Waals surface area contributed by atoms with Gasteiger partial charge in [0.1, 0.15) is 0 Å². The van der Waals surface area contributed by atoms with Gasteiger partial charge in [0.2, 0.25) is 0 Å². The Morgan fingerprint density at radius 1 is 0.455 bits per heavy atom. The van der Waals surface area contributed by atoms with E-state index in [1.54, 1.807) is 0 Å². The topological polar surface area (TPSA) is 52.6 Å². The highest BCUT2D eigenvalue weighted by Gasteiger charge is 2.10. The molecule has 0 amide bonds. The van der Waals surface area contributed by atoms with Crippen LogP contribution in [0, 0.1) is 5.92 Å². The zero-order valence-corrected chi connectivity index (χ0v) is 29.2.